The van der Waals surface area contributed by atoms with Crippen LogP contribution in [-0.4, -0.2) is 67.8 Å². The second-order valence-corrected chi connectivity index (χ2v) is 6.26. The van der Waals surface area contributed by atoms with Gasteiger partial charge in [-0.25, -0.2) is 0 Å². The average Bonchev–Trinajstić information content (AvgIpc) is 2.37. The van der Waals surface area contributed by atoms with Crippen molar-refractivity contribution in [2.75, 3.05) is 45.8 Å². The van der Waals surface area contributed by atoms with E-state index in [0.717, 1.165) is 32.6 Å². The van der Waals surface area contributed by atoms with E-state index in [9.17, 15) is 13.2 Å². The van der Waals surface area contributed by atoms with Gasteiger partial charge in [-0.2, -0.15) is 13.2 Å². The fraction of sp³-hybridized carbons (Fsp3) is 1.00. The minimum absolute atomic E-state index is 0.540. The summed E-state index contributed by atoms with van der Waals surface area (Å²) in [5.74, 6) is 0. The summed E-state index contributed by atoms with van der Waals surface area (Å²) in [4.78, 5) is 3.80. The number of alkyl halides is 3. The monoisotopic (exact) mass is 309 g/mol. The number of rotatable bonds is 9. The molecule has 6 heteroatoms. The van der Waals surface area contributed by atoms with Gasteiger partial charge in [-0.3, -0.25) is 4.90 Å². The molecule has 126 valence electrons. The molecule has 0 unspecified atom stereocenters. The molecule has 0 radical (unpaired) electrons. The molecule has 0 aromatic rings. The molecule has 1 aliphatic rings. The van der Waals surface area contributed by atoms with Gasteiger partial charge in [0.2, 0.25) is 0 Å². The second kappa shape index (κ2) is 9.64. The van der Waals surface area contributed by atoms with E-state index in [1.165, 1.54) is 24.2 Å². The van der Waals surface area contributed by atoms with Crippen molar-refractivity contribution in [2.45, 2.75) is 51.7 Å². The second-order valence-electron chi connectivity index (χ2n) is 6.26. The van der Waals surface area contributed by atoms with Crippen LogP contribution < -0.4 is 5.32 Å². The van der Waals surface area contributed by atoms with Crippen LogP contribution >= 0.6 is 0 Å². The number of nitrogens with one attached hydrogen (secondary N) is 1. The van der Waals surface area contributed by atoms with E-state index in [2.05, 4.69) is 24.1 Å². The largest absolute Gasteiger partial charge is 0.401 e. The molecule has 0 aromatic heterocycles. The van der Waals surface area contributed by atoms with Crippen LogP contribution in [-0.2, 0) is 0 Å². The predicted octanol–water partition coefficient (Wildman–Crippen LogP) is 2.72. The minimum Gasteiger partial charge on any atom is -0.315 e. The van der Waals surface area contributed by atoms with Gasteiger partial charge in [-0.05, 0) is 25.9 Å². The number of unbranched alkanes of at least 4 members (excludes halogenated alkanes) is 3. The molecule has 0 saturated carbocycles. The van der Waals surface area contributed by atoms with Gasteiger partial charge in [0, 0.05) is 32.2 Å². The van der Waals surface area contributed by atoms with Crippen LogP contribution in [0.5, 0.6) is 0 Å². The zero-order chi connectivity index (χ0) is 15.7. The van der Waals surface area contributed by atoms with Crippen LogP contribution in [0.15, 0.2) is 0 Å². The zero-order valence-corrected chi connectivity index (χ0v) is 13.4. The summed E-state index contributed by atoms with van der Waals surface area (Å²) in [7, 11) is 0. The Morgan fingerprint density at radius 1 is 0.905 bits per heavy atom. The van der Waals surface area contributed by atoms with Crippen molar-refractivity contribution in [3.63, 3.8) is 0 Å². The molecule has 0 aromatic carbocycles. The van der Waals surface area contributed by atoms with Gasteiger partial charge >= 0.3 is 6.18 Å². The molecule has 1 aliphatic heterocycles. The van der Waals surface area contributed by atoms with Crippen molar-refractivity contribution in [2.24, 2.45) is 0 Å². The maximum atomic E-state index is 12.3. The minimum atomic E-state index is -4.06. The van der Waals surface area contributed by atoms with Crippen LogP contribution in [0.1, 0.15) is 39.5 Å². The molecule has 3 nitrogen and oxygen atoms in total. The van der Waals surface area contributed by atoms with E-state index < -0.39 is 12.7 Å². The van der Waals surface area contributed by atoms with Gasteiger partial charge in [0.1, 0.15) is 0 Å². The highest BCUT2D eigenvalue weighted by Crippen LogP contribution is 2.17. The molecule has 1 saturated heterocycles. The van der Waals surface area contributed by atoms with E-state index in [0.29, 0.717) is 19.1 Å². The van der Waals surface area contributed by atoms with Crippen molar-refractivity contribution in [1.29, 1.82) is 0 Å². The highest BCUT2D eigenvalue weighted by Gasteiger charge is 2.31. The predicted molar refractivity (Wildman–Crippen MR) is 80.5 cm³/mol. The first kappa shape index (κ1) is 18.7. The van der Waals surface area contributed by atoms with Crippen molar-refractivity contribution >= 4 is 0 Å². The van der Waals surface area contributed by atoms with E-state index in [4.69, 9.17) is 0 Å². The van der Waals surface area contributed by atoms with Crippen LogP contribution in [0.3, 0.4) is 0 Å². The molecule has 1 fully saturated rings. The quantitative estimate of drug-likeness (QED) is 0.661. The number of nitrogens with zero attached hydrogens (tertiary/aromatic N) is 2. The molecule has 21 heavy (non-hydrogen) atoms. The van der Waals surface area contributed by atoms with Gasteiger partial charge in [0.15, 0.2) is 0 Å². The Morgan fingerprint density at radius 3 is 2.05 bits per heavy atom. The molecule has 1 heterocycles. The SMILES string of the molecule is CC(C)NCCCCCCN1CCN(CC(F)(F)F)CC1. The third-order valence-electron chi connectivity index (χ3n) is 3.82. The topological polar surface area (TPSA) is 18.5 Å². The molecule has 0 amide bonds. The number of hydrogen-bond acceptors (Lipinski definition) is 3. The normalized spacial score (nSPS) is 18.6. The molecular weight excluding hydrogens is 279 g/mol. The maximum Gasteiger partial charge on any atom is 0.401 e. The van der Waals surface area contributed by atoms with E-state index in [1.807, 2.05) is 0 Å². The zero-order valence-electron chi connectivity index (χ0n) is 13.4. The van der Waals surface area contributed by atoms with Crippen LogP contribution in [0.4, 0.5) is 13.2 Å². The Morgan fingerprint density at radius 2 is 1.48 bits per heavy atom. The Kier molecular flexibility index (Phi) is 8.59. The van der Waals surface area contributed by atoms with Gasteiger partial charge < -0.3 is 10.2 Å². The third-order valence-corrected chi connectivity index (χ3v) is 3.82. The van der Waals surface area contributed by atoms with Crippen molar-refractivity contribution < 1.29 is 13.2 Å². The van der Waals surface area contributed by atoms with Crippen molar-refractivity contribution in [3.05, 3.63) is 0 Å². The smallest absolute Gasteiger partial charge is 0.315 e. The number of hydrogen-bond donors (Lipinski definition) is 1. The van der Waals surface area contributed by atoms with E-state index in [1.54, 1.807) is 0 Å². The summed E-state index contributed by atoms with van der Waals surface area (Å²) >= 11 is 0. The summed E-state index contributed by atoms with van der Waals surface area (Å²) < 4.78 is 36.8. The summed E-state index contributed by atoms with van der Waals surface area (Å²) in [6.45, 7) is 8.26. The third kappa shape index (κ3) is 10.1. The average molecular weight is 309 g/mol. The lowest BCUT2D eigenvalue weighted by Gasteiger charge is -2.34. The van der Waals surface area contributed by atoms with Crippen LogP contribution in [0, 0.1) is 0 Å². The van der Waals surface area contributed by atoms with Gasteiger partial charge in [-0.15, -0.1) is 0 Å². The van der Waals surface area contributed by atoms with Gasteiger partial charge in [-0.1, -0.05) is 26.7 Å². The highest BCUT2D eigenvalue weighted by atomic mass is 19.4. The number of halogens is 3. The van der Waals surface area contributed by atoms with E-state index >= 15 is 0 Å². The Hall–Kier alpha value is -0.330. The molecular formula is C15H30F3N3. The highest BCUT2D eigenvalue weighted by molar-refractivity contribution is 4.73. The summed E-state index contributed by atoms with van der Waals surface area (Å²) in [5.41, 5.74) is 0. The van der Waals surface area contributed by atoms with Gasteiger partial charge in [0.25, 0.3) is 0 Å². The van der Waals surface area contributed by atoms with Crippen LogP contribution in [0.2, 0.25) is 0 Å². The maximum absolute atomic E-state index is 12.3. The Balaban J connectivity index is 1.96. The first-order chi connectivity index (χ1) is 9.87. The standard InChI is InChI=1S/C15H30F3N3/c1-14(2)19-7-5-3-4-6-8-20-9-11-21(12-10-20)13-15(16,17)18/h14,19H,3-13H2,1-2H3. The summed E-state index contributed by atoms with van der Waals surface area (Å²) in [6.07, 6.45) is 0.737. The molecule has 1 rings (SSSR count). The fourth-order valence-corrected chi connectivity index (χ4v) is 2.63. The van der Waals surface area contributed by atoms with E-state index in [-0.39, 0.29) is 0 Å². The lowest BCUT2D eigenvalue weighted by atomic mass is 10.1. The van der Waals surface area contributed by atoms with Crippen molar-refractivity contribution in [1.82, 2.24) is 15.1 Å². The lowest BCUT2D eigenvalue weighted by molar-refractivity contribution is -0.149. The number of piperazine rings is 1. The first-order valence-corrected chi connectivity index (χ1v) is 8.11. The molecule has 0 spiro atoms. The Bertz CT molecular complexity index is 261. The first-order valence-electron chi connectivity index (χ1n) is 8.11. The molecule has 0 aliphatic carbocycles. The molecule has 1 N–H and O–H groups in total. The fourth-order valence-electron chi connectivity index (χ4n) is 2.63. The summed E-state index contributed by atoms with van der Waals surface area (Å²) in [5, 5.41) is 3.40. The summed E-state index contributed by atoms with van der Waals surface area (Å²) in [6, 6.07) is 0.554. The van der Waals surface area contributed by atoms with Gasteiger partial charge in [0.05, 0.1) is 6.54 Å². The Labute approximate surface area is 126 Å². The molecule has 0 atom stereocenters. The van der Waals surface area contributed by atoms with Crippen molar-refractivity contribution in [3.8, 4) is 0 Å². The van der Waals surface area contributed by atoms with Crippen LogP contribution in [0.25, 0.3) is 0 Å². The molecule has 0 bridgehead atoms. The lowest BCUT2D eigenvalue weighted by Crippen LogP contribution is -2.49.